The van der Waals surface area contributed by atoms with Crippen LogP contribution >= 0.6 is 11.3 Å². The monoisotopic (exact) mass is 298 g/mol. The Morgan fingerprint density at radius 2 is 1.82 bits per heavy atom. The number of rotatable bonds is 2. The Hall–Kier alpha value is -0.780. The first-order valence-corrected chi connectivity index (χ1v) is 8.69. The van der Waals surface area contributed by atoms with Gasteiger partial charge in [-0.1, -0.05) is 11.3 Å². The Morgan fingerprint density at radius 3 is 2.29 bits per heavy atom. The Kier molecular flexibility index (Phi) is 3.10. The molecule has 0 radical (unpaired) electrons. The molecular weight excluding hydrogens is 288 g/mol. The predicted octanol–water partition coefficient (Wildman–Crippen LogP) is -1.46. The van der Waals surface area contributed by atoms with E-state index in [1.54, 1.807) is 0 Å². The molecule has 0 aliphatic carbocycles. The van der Waals surface area contributed by atoms with Gasteiger partial charge in [-0.2, -0.15) is 4.31 Å². The van der Waals surface area contributed by atoms with Crippen molar-refractivity contribution in [1.29, 1.82) is 0 Å². The zero-order valence-corrected chi connectivity index (χ0v) is 11.1. The molecule has 96 valence electrons. The van der Waals surface area contributed by atoms with Crippen LogP contribution in [0, 0.1) is 0 Å². The quantitative estimate of drug-likeness (QED) is 0.707. The third kappa shape index (κ3) is 2.56. The summed E-state index contributed by atoms with van der Waals surface area (Å²) in [4.78, 5) is 0. The van der Waals surface area contributed by atoms with Gasteiger partial charge < -0.3 is 5.73 Å². The minimum Gasteiger partial charge on any atom is -0.374 e. The Bertz CT molecular complexity index is 605. The van der Waals surface area contributed by atoms with Crippen LogP contribution in [-0.2, 0) is 19.9 Å². The van der Waals surface area contributed by atoms with Crippen molar-refractivity contribution in [3.63, 3.8) is 0 Å². The van der Waals surface area contributed by atoms with Crippen LogP contribution in [0.15, 0.2) is 4.34 Å². The maximum atomic E-state index is 12.0. The highest BCUT2D eigenvalue weighted by atomic mass is 32.2. The molecule has 2 heterocycles. The molecule has 1 aliphatic rings. The second kappa shape index (κ2) is 4.15. The predicted molar refractivity (Wildman–Crippen MR) is 61.7 cm³/mol. The number of nitrogens with zero attached hydrogens (tertiary/aromatic N) is 3. The summed E-state index contributed by atoms with van der Waals surface area (Å²) >= 11 is 0.765. The van der Waals surface area contributed by atoms with Crippen molar-refractivity contribution in [1.82, 2.24) is 14.5 Å². The lowest BCUT2D eigenvalue weighted by Gasteiger charge is -2.24. The fourth-order valence-corrected chi connectivity index (χ4v) is 5.17. The van der Waals surface area contributed by atoms with Crippen LogP contribution in [0.4, 0.5) is 5.13 Å². The normalized spacial score (nSPS) is 21.4. The molecule has 1 aliphatic heterocycles. The Balaban J connectivity index is 2.24. The van der Waals surface area contributed by atoms with Crippen molar-refractivity contribution >= 4 is 36.3 Å². The standard InChI is InChI=1S/C6H10N4O4S3/c7-5-8-9-6(15-5)17(13,14)10-1-3-16(11,12)4-2-10/h1-4H2,(H2,7,8). The second-order valence-corrected chi connectivity index (χ2v) is 8.89. The summed E-state index contributed by atoms with van der Waals surface area (Å²) in [5.41, 5.74) is 5.31. The molecule has 1 fully saturated rings. The molecule has 2 N–H and O–H groups in total. The zero-order chi connectivity index (χ0) is 12.7. The lowest BCUT2D eigenvalue weighted by Crippen LogP contribution is -2.43. The maximum Gasteiger partial charge on any atom is 0.272 e. The van der Waals surface area contributed by atoms with E-state index in [1.807, 2.05) is 0 Å². The van der Waals surface area contributed by atoms with E-state index in [-0.39, 0.29) is 34.1 Å². The number of nitrogen functional groups attached to an aromatic ring is 1. The molecule has 11 heteroatoms. The SMILES string of the molecule is Nc1nnc(S(=O)(=O)N2CCS(=O)(=O)CC2)s1. The number of aromatic nitrogens is 2. The van der Waals surface area contributed by atoms with Crippen molar-refractivity contribution in [2.75, 3.05) is 30.3 Å². The minimum absolute atomic E-state index is 0.0514. The van der Waals surface area contributed by atoms with Crippen molar-refractivity contribution < 1.29 is 16.8 Å². The number of hydrogen-bond donors (Lipinski definition) is 1. The van der Waals surface area contributed by atoms with Crippen LogP contribution in [0.5, 0.6) is 0 Å². The lowest BCUT2D eigenvalue weighted by atomic mass is 10.6. The number of hydrogen-bond acceptors (Lipinski definition) is 8. The number of anilines is 1. The molecular formula is C6H10N4O4S3. The average molecular weight is 298 g/mol. The summed E-state index contributed by atoms with van der Waals surface area (Å²) in [6, 6.07) is 0. The smallest absolute Gasteiger partial charge is 0.272 e. The topological polar surface area (TPSA) is 123 Å². The van der Waals surface area contributed by atoms with E-state index >= 15 is 0 Å². The average Bonchev–Trinajstić information content (AvgIpc) is 2.65. The van der Waals surface area contributed by atoms with Gasteiger partial charge in [0.15, 0.2) is 9.84 Å². The molecule has 0 aromatic carbocycles. The molecule has 8 nitrogen and oxygen atoms in total. The van der Waals surface area contributed by atoms with E-state index in [1.165, 1.54) is 0 Å². The molecule has 1 aromatic heterocycles. The molecule has 0 unspecified atom stereocenters. The lowest BCUT2D eigenvalue weighted by molar-refractivity contribution is 0.430. The highest BCUT2D eigenvalue weighted by molar-refractivity contribution is 7.92. The highest BCUT2D eigenvalue weighted by Crippen LogP contribution is 2.22. The fraction of sp³-hybridized carbons (Fsp3) is 0.667. The first kappa shape index (κ1) is 12.7. The van der Waals surface area contributed by atoms with Crippen LogP contribution in [0.3, 0.4) is 0 Å². The first-order chi connectivity index (χ1) is 7.81. The summed E-state index contributed by atoms with van der Waals surface area (Å²) in [5.74, 6) is -0.332. The molecule has 0 amide bonds. The van der Waals surface area contributed by atoms with E-state index < -0.39 is 19.9 Å². The van der Waals surface area contributed by atoms with Crippen LogP contribution in [0.1, 0.15) is 0 Å². The van der Waals surface area contributed by atoms with Crippen LogP contribution in [0.25, 0.3) is 0 Å². The maximum absolute atomic E-state index is 12.0. The van der Waals surface area contributed by atoms with Crippen molar-refractivity contribution in [3.8, 4) is 0 Å². The third-order valence-corrected chi connectivity index (χ3v) is 6.89. The van der Waals surface area contributed by atoms with Crippen molar-refractivity contribution in [2.45, 2.75) is 4.34 Å². The Morgan fingerprint density at radius 1 is 1.24 bits per heavy atom. The van der Waals surface area contributed by atoms with Crippen LogP contribution in [0.2, 0.25) is 0 Å². The summed E-state index contributed by atoms with van der Waals surface area (Å²) in [5, 5.41) is 6.96. The van der Waals surface area contributed by atoms with Gasteiger partial charge in [0, 0.05) is 13.1 Å². The van der Waals surface area contributed by atoms with E-state index in [2.05, 4.69) is 10.2 Å². The number of nitrogens with two attached hydrogens (primary N) is 1. The highest BCUT2D eigenvalue weighted by Gasteiger charge is 2.33. The molecule has 0 atom stereocenters. The van der Waals surface area contributed by atoms with E-state index in [0.29, 0.717) is 0 Å². The van der Waals surface area contributed by atoms with Gasteiger partial charge in [0.25, 0.3) is 10.0 Å². The summed E-state index contributed by atoms with van der Waals surface area (Å²) in [6.07, 6.45) is 0. The van der Waals surface area contributed by atoms with Gasteiger partial charge in [0.2, 0.25) is 9.47 Å². The van der Waals surface area contributed by atoms with Gasteiger partial charge in [-0.25, -0.2) is 16.8 Å². The van der Waals surface area contributed by atoms with Gasteiger partial charge >= 0.3 is 0 Å². The first-order valence-electron chi connectivity index (χ1n) is 4.61. The largest absolute Gasteiger partial charge is 0.374 e. The zero-order valence-electron chi connectivity index (χ0n) is 8.61. The summed E-state index contributed by atoms with van der Waals surface area (Å²) in [7, 11) is -6.87. The summed E-state index contributed by atoms with van der Waals surface area (Å²) < 4.78 is 47.3. The van der Waals surface area contributed by atoms with Crippen LogP contribution < -0.4 is 5.73 Å². The van der Waals surface area contributed by atoms with E-state index in [9.17, 15) is 16.8 Å². The molecule has 17 heavy (non-hydrogen) atoms. The molecule has 0 saturated carbocycles. The van der Waals surface area contributed by atoms with Crippen molar-refractivity contribution in [2.24, 2.45) is 0 Å². The molecule has 1 aromatic rings. The molecule has 0 bridgehead atoms. The fourth-order valence-electron chi connectivity index (χ4n) is 1.37. The van der Waals surface area contributed by atoms with E-state index in [0.717, 1.165) is 15.6 Å². The molecule has 2 rings (SSSR count). The molecule has 1 saturated heterocycles. The summed E-state index contributed by atoms with van der Waals surface area (Å²) in [6.45, 7) is -0.103. The van der Waals surface area contributed by atoms with Gasteiger partial charge in [0.1, 0.15) is 0 Å². The van der Waals surface area contributed by atoms with Gasteiger partial charge in [-0.15, -0.1) is 10.2 Å². The third-order valence-electron chi connectivity index (χ3n) is 2.29. The van der Waals surface area contributed by atoms with E-state index in [4.69, 9.17) is 5.73 Å². The number of sulfonamides is 1. The Labute approximate surface area is 102 Å². The van der Waals surface area contributed by atoms with Gasteiger partial charge in [-0.3, -0.25) is 0 Å². The second-order valence-electron chi connectivity index (χ2n) is 3.46. The van der Waals surface area contributed by atoms with Crippen LogP contribution in [-0.4, -0.2) is 55.9 Å². The minimum atomic E-state index is -3.76. The van der Waals surface area contributed by atoms with Crippen molar-refractivity contribution in [3.05, 3.63) is 0 Å². The van der Waals surface area contributed by atoms with Gasteiger partial charge in [0.05, 0.1) is 11.5 Å². The number of sulfone groups is 1. The molecule has 0 spiro atoms. The van der Waals surface area contributed by atoms with Gasteiger partial charge in [-0.05, 0) is 0 Å².